The topological polar surface area (TPSA) is 86.2 Å². The molecule has 3 heterocycles. The van der Waals surface area contributed by atoms with Crippen molar-refractivity contribution in [1.29, 1.82) is 0 Å². The van der Waals surface area contributed by atoms with Crippen LogP contribution in [-0.2, 0) is 18.4 Å². The fraction of sp³-hybridized carbons (Fsp3) is 0.320. The van der Waals surface area contributed by atoms with Gasteiger partial charge in [0.1, 0.15) is 0 Å². The normalized spacial score (nSPS) is 15.0. The first-order valence-electron chi connectivity index (χ1n) is 11.1. The standard InChI is InChI=1S/C25H27N5O2/c1-3-30-20-7-5-4-6-17(20)15-22(30)24-27-19-14-18(8-9-21(19)28(24)2)25(32)29-12-10-16(11-13-29)23(26)31/h4-9,14-16H,3,10-13H2,1-2H3,(H2,26,31). The van der Waals surface area contributed by atoms with Crippen LogP contribution in [0, 0.1) is 5.92 Å². The summed E-state index contributed by atoms with van der Waals surface area (Å²) in [5.74, 6) is 0.448. The molecule has 2 amide bonds. The van der Waals surface area contributed by atoms with Crippen LogP contribution in [0.3, 0.4) is 0 Å². The van der Waals surface area contributed by atoms with Gasteiger partial charge in [0.05, 0.1) is 16.7 Å². The average molecular weight is 430 g/mol. The number of aromatic nitrogens is 3. The van der Waals surface area contributed by atoms with E-state index in [1.807, 2.05) is 31.3 Å². The number of primary amides is 1. The third kappa shape index (κ3) is 3.25. The molecule has 0 atom stereocenters. The minimum absolute atomic E-state index is 0.0234. The zero-order valence-corrected chi connectivity index (χ0v) is 18.4. The molecule has 2 aromatic carbocycles. The van der Waals surface area contributed by atoms with Crippen LogP contribution in [0.5, 0.6) is 0 Å². The van der Waals surface area contributed by atoms with E-state index in [2.05, 4.69) is 40.3 Å². The number of fused-ring (bicyclic) bond motifs is 2. The van der Waals surface area contributed by atoms with Crippen LogP contribution in [0.25, 0.3) is 33.5 Å². The Morgan fingerprint density at radius 1 is 1.06 bits per heavy atom. The minimum Gasteiger partial charge on any atom is -0.369 e. The van der Waals surface area contributed by atoms with E-state index in [4.69, 9.17) is 10.7 Å². The van der Waals surface area contributed by atoms with Crippen molar-refractivity contribution in [2.75, 3.05) is 13.1 Å². The lowest BCUT2D eigenvalue weighted by Gasteiger charge is -2.30. The monoisotopic (exact) mass is 429 g/mol. The molecule has 7 nitrogen and oxygen atoms in total. The molecular formula is C25H27N5O2. The maximum absolute atomic E-state index is 13.1. The summed E-state index contributed by atoms with van der Waals surface area (Å²) in [5, 5.41) is 1.19. The summed E-state index contributed by atoms with van der Waals surface area (Å²) in [4.78, 5) is 31.2. The zero-order chi connectivity index (χ0) is 22.4. The molecule has 1 aliphatic rings. The van der Waals surface area contributed by atoms with Gasteiger partial charge >= 0.3 is 0 Å². The lowest BCUT2D eigenvalue weighted by atomic mass is 9.96. The zero-order valence-electron chi connectivity index (χ0n) is 18.4. The van der Waals surface area contributed by atoms with Crippen LogP contribution in [0.1, 0.15) is 30.1 Å². The number of hydrogen-bond acceptors (Lipinski definition) is 3. The van der Waals surface area contributed by atoms with E-state index in [0.717, 1.165) is 29.1 Å². The third-order valence-electron chi connectivity index (χ3n) is 6.67. The van der Waals surface area contributed by atoms with Gasteiger partial charge in [-0.1, -0.05) is 18.2 Å². The predicted molar refractivity (Wildman–Crippen MR) is 125 cm³/mol. The molecule has 0 aliphatic carbocycles. The summed E-state index contributed by atoms with van der Waals surface area (Å²) in [7, 11) is 2.01. The van der Waals surface area contributed by atoms with Gasteiger partial charge in [0, 0.05) is 49.1 Å². The summed E-state index contributed by atoms with van der Waals surface area (Å²) >= 11 is 0. The molecule has 5 rings (SSSR count). The Morgan fingerprint density at radius 2 is 1.81 bits per heavy atom. The maximum Gasteiger partial charge on any atom is 0.253 e. The molecule has 0 spiro atoms. The van der Waals surface area contributed by atoms with Gasteiger partial charge in [-0.05, 0) is 50.1 Å². The van der Waals surface area contributed by atoms with E-state index in [9.17, 15) is 9.59 Å². The second kappa shape index (κ2) is 7.82. The summed E-state index contributed by atoms with van der Waals surface area (Å²) < 4.78 is 4.35. The predicted octanol–water partition coefficient (Wildman–Crippen LogP) is 3.55. The molecule has 2 aromatic heterocycles. The van der Waals surface area contributed by atoms with Crippen molar-refractivity contribution < 1.29 is 9.59 Å². The van der Waals surface area contributed by atoms with Crippen LogP contribution in [0.2, 0.25) is 0 Å². The van der Waals surface area contributed by atoms with Crippen molar-refractivity contribution in [2.24, 2.45) is 18.7 Å². The summed E-state index contributed by atoms with van der Waals surface area (Å²) in [5.41, 5.74) is 10.1. The van der Waals surface area contributed by atoms with Crippen molar-refractivity contribution in [3.63, 3.8) is 0 Å². The third-order valence-corrected chi connectivity index (χ3v) is 6.67. The van der Waals surface area contributed by atoms with Crippen molar-refractivity contribution >= 4 is 33.8 Å². The van der Waals surface area contributed by atoms with E-state index in [-0.39, 0.29) is 17.7 Å². The van der Waals surface area contributed by atoms with Crippen LogP contribution in [-0.4, -0.2) is 43.9 Å². The Labute approximate surface area is 186 Å². The number of rotatable bonds is 4. The Kier molecular flexibility index (Phi) is 4.96. The molecule has 1 saturated heterocycles. The van der Waals surface area contributed by atoms with Gasteiger partial charge in [-0.3, -0.25) is 9.59 Å². The minimum atomic E-state index is -0.274. The quantitative estimate of drug-likeness (QED) is 0.538. The van der Waals surface area contributed by atoms with Gasteiger partial charge in [-0.15, -0.1) is 0 Å². The van der Waals surface area contributed by atoms with Gasteiger partial charge in [-0.25, -0.2) is 4.98 Å². The highest BCUT2D eigenvalue weighted by Crippen LogP contribution is 2.30. The van der Waals surface area contributed by atoms with Crippen molar-refractivity contribution in [1.82, 2.24) is 19.0 Å². The molecule has 32 heavy (non-hydrogen) atoms. The molecule has 4 aromatic rings. The number of piperidine rings is 1. The SMILES string of the molecule is CCn1c(-c2nc3cc(C(=O)N4CCC(C(N)=O)CC4)ccc3n2C)cc2ccccc21. The van der Waals surface area contributed by atoms with Gasteiger partial charge in [-0.2, -0.15) is 0 Å². The molecular weight excluding hydrogens is 402 g/mol. The molecule has 164 valence electrons. The van der Waals surface area contributed by atoms with E-state index >= 15 is 0 Å². The summed E-state index contributed by atoms with van der Waals surface area (Å²) in [6.45, 7) is 4.08. The number of nitrogens with zero attached hydrogens (tertiary/aromatic N) is 4. The molecule has 1 fully saturated rings. The first kappa shape index (κ1) is 20.3. The van der Waals surface area contributed by atoms with Gasteiger partial charge in [0.25, 0.3) is 5.91 Å². The van der Waals surface area contributed by atoms with Crippen molar-refractivity contribution in [3.8, 4) is 11.5 Å². The van der Waals surface area contributed by atoms with Crippen LogP contribution >= 0.6 is 0 Å². The van der Waals surface area contributed by atoms with E-state index < -0.39 is 0 Å². The molecule has 2 N–H and O–H groups in total. The number of likely N-dealkylation sites (tertiary alicyclic amines) is 1. The fourth-order valence-corrected chi connectivity index (χ4v) is 4.85. The molecule has 0 saturated carbocycles. The van der Waals surface area contributed by atoms with E-state index in [1.54, 1.807) is 4.90 Å². The number of benzene rings is 2. The number of hydrogen-bond donors (Lipinski definition) is 1. The Hall–Kier alpha value is -3.61. The highest BCUT2D eigenvalue weighted by atomic mass is 16.2. The Morgan fingerprint density at radius 3 is 2.53 bits per heavy atom. The van der Waals surface area contributed by atoms with Gasteiger partial charge in [0.15, 0.2) is 5.82 Å². The average Bonchev–Trinajstić information content (AvgIpc) is 3.35. The van der Waals surface area contributed by atoms with Crippen molar-refractivity contribution in [3.05, 3.63) is 54.1 Å². The molecule has 1 aliphatic heterocycles. The first-order chi connectivity index (χ1) is 15.5. The molecule has 0 unspecified atom stereocenters. The number of carbonyl (C=O) groups is 2. The van der Waals surface area contributed by atoms with Crippen LogP contribution < -0.4 is 5.73 Å². The Balaban J connectivity index is 1.49. The molecule has 0 bridgehead atoms. The fourth-order valence-electron chi connectivity index (χ4n) is 4.85. The van der Waals surface area contributed by atoms with Crippen molar-refractivity contribution in [2.45, 2.75) is 26.3 Å². The van der Waals surface area contributed by atoms with E-state index in [1.165, 1.54) is 10.9 Å². The second-order valence-electron chi connectivity index (χ2n) is 8.50. The van der Waals surface area contributed by atoms with Crippen LogP contribution in [0.4, 0.5) is 0 Å². The first-order valence-corrected chi connectivity index (χ1v) is 11.1. The number of nitrogens with two attached hydrogens (primary N) is 1. The smallest absolute Gasteiger partial charge is 0.253 e. The van der Waals surface area contributed by atoms with E-state index in [0.29, 0.717) is 31.5 Å². The molecule has 0 radical (unpaired) electrons. The number of imidazole rings is 1. The highest BCUT2D eigenvalue weighted by molar-refractivity contribution is 5.98. The van der Waals surface area contributed by atoms with Crippen LogP contribution in [0.15, 0.2) is 48.5 Å². The van der Waals surface area contributed by atoms with Gasteiger partial charge in [0.2, 0.25) is 5.91 Å². The number of para-hydroxylation sites is 1. The lowest BCUT2D eigenvalue weighted by molar-refractivity contribution is -0.123. The second-order valence-corrected chi connectivity index (χ2v) is 8.50. The molecule has 7 heteroatoms. The number of amides is 2. The summed E-state index contributed by atoms with van der Waals surface area (Å²) in [6, 6.07) is 16.2. The Bertz CT molecular complexity index is 1340. The lowest BCUT2D eigenvalue weighted by Crippen LogP contribution is -2.41. The maximum atomic E-state index is 13.1. The largest absolute Gasteiger partial charge is 0.369 e. The number of aryl methyl sites for hydroxylation is 2. The number of carbonyl (C=O) groups excluding carboxylic acids is 2. The summed E-state index contributed by atoms with van der Waals surface area (Å²) in [6.07, 6.45) is 1.25. The van der Waals surface area contributed by atoms with Gasteiger partial charge < -0.3 is 19.8 Å². The highest BCUT2D eigenvalue weighted by Gasteiger charge is 2.27.